The predicted octanol–water partition coefficient (Wildman–Crippen LogP) is 4.96. The third kappa shape index (κ3) is 7.23. The van der Waals surface area contributed by atoms with E-state index in [0.717, 1.165) is 15.1 Å². The number of carbonyl (C=O) groups excluding carboxylic acids is 2. The minimum absolute atomic E-state index is 0.00889. The van der Waals surface area contributed by atoms with Gasteiger partial charge in [0.05, 0.1) is 11.4 Å². The van der Waals surface area contributed by atoms with Gasteiger partial charge in [0.25, 0.3) is 0 Å². The summed E-state index contributed by atoms with van der Waals surface area (Å²) in [6, 6.07) is 16.3. The van der Waals surface area contributed by atoms with Crippen LogP contribution in [0.5, 0.6) is 0 Å². The lowest BCUT2D eigenvalue weighted by Crippen LogP contribution is -2.51. The highest BCUT2D eigenvalue weighted by Gasteiger charge is 2.30. The highest BCUT2D eigenvalue weighted by Crippen LogP contribution is 2.24. The fourth-order valence-corrected chi connectivity index (χ4v) is 5.37. The lowest BCUT2D eigenvalue weighted by molar-refractivity contribution is -0.140. The fraction of sp³-hybridized carbons (Fsp3) is 0.333. The number of carbonyl (C=O) groups is 2. The third-order valence-corrected chi connectivity index (χ3v) is 8.38. The quantitative estimate of drug-likeness (QED) is 0.377. The van der Waals surface area contributed by atoms with Crippen LogP contribution < -0.4 is 5.32 Å². The van der Waals surface area contributed by atoms with E-state index in [9.17, 15) is 18.0 Å². The van der Waals surface area contributed by atoms with Gasteiger partial charge in [0, 0.05) is 30.2 Å². The maximum Gasteiger partial charge on any atom is 0.243 e. The monoisotopic (exact) mass is 563 g/mol. The molecule has 0 bridgehead atoms. The Bertz CT molecular complexity index is 1400. The molecule has 0 aliphatic carbocycles. The molecule has 1 N–H and O–H groups in total. The van der Waals surface area contributed by atoms with E-state index in [4.69, 9.17) is 23.2 Å². The molecule has 0 aromatic heterocycles. The number of halogens is 2. The molecule has 7 nitrogen and oxygen atoms in total. The molecular weight excluding hydrogens is 533 g/mol. The summed E-state index contributed by atoms with van der Waals surface area (Å²) in [6.45, 7) is 5.54. The summed E-state index contributed by atoms with van der Waals surface area (Å²) in [5.74, 6) is -0.651. The SMILES string of the molecule is CC(C)CNC(=O)[C@H](C)N(Cc1ccc(Cl)cc1Cl)C(=O)CN(C)S(=O)(=O)c1ccc2ccccc2c1. The van der Waals surface area contributed by atoms with Gasteiger partial charge in [-0.2, -0.15) is 4.31 Å². The van der Waals surface area contributed by atoms with Gasteiger partial charge in [-0.3, -0.25) is 9.59 Å². The average Bonchev–Trinajstić information content (AvgIpc) is 2.85. The van der Waals surface area contributed by atoms with Gasteiger partial charge in [0.2, 0.25) is 21.8 Å². The second-order valence-electron chi connectivity index (χ2n) is 9.34. The summed E-state index contributed by atoms with van der Waals surface area (Å²) in [4.78, 5) is 27.8. The third-order valence-electron chi connectivity index (χ3n) is 5.99. The minimum atomic E-state index is -3.97. The van der Waals surface area contributed by atoms with Crippen molar-refractivity contribution in [2.45, 2.75) is 38.3 Å². The summed E-state index contributed by atoms with van der Waals surface area (Å²) < 4.78 is 27.6. The van der Waals surface area contributed by atoms with Crippen LogP contribution in [0.4, 0.5) is 0 Å². The van der Waals surface area contributed by atoms with E-state index in [1.54, 1.807) is 37.3 Å². The Balaban J connectivity index is 1.86. The smallest absolute Gasteiger partial charge is 0.243 e. The number of fused-ring (bicyclic) bond motifs is 1. The largest absolute Gasteiger partial charge is 0.354 e. The summed E-state index contributed by atoms with van der Waals surface area (Å²) in [5, 5.41) is 5.30. The van der Waals surface area contributed by atoms with E-state index in [-0.39, 0.29) is 23.3 Å². The molecule has 0 aliphatic rings. The van der Waals surface area contributed by atoms with Crippen LogP contribution in [-0.2, 0) is 26.2 Å². The molecule has 0 aliphatic heterocycles. The van der Waals surface area contributed by atoms with Crippen LogP contribution in [0.1, 0.15) is 26.3 Å². The first-order valence-electron chi connectivity index (χ1n) is 11.9. The Labute approximate surface area is 228 Å². The summed E-state index contributed by atoms with van der Waals surface area (Å²) in [7, 11) is -2.62. The molecule has 0 unspecified atom stereocenters. The van der Waals surface area contributed by atoms with Crippen molar-refractivity contribution in [3.05, 3.63) is 76.3 Å². The Morgan fingerprint density at radius 3 is 2.27 bits per heavy atom. The molecule has 0 radical (unpaired) electrons. The topological polar surface area (TPSA) is 86.8 Å². The molecule has 2 amide bonds. The van der Waals surface area contributed by atoms with E-state index in [0.29, 0.717) is 22.2 Å². The second-order valence-corrected chi connectivity index (χ2v) is 12.2. The molecule has 0 heterocycles. The van der Waals surface area contributed by atoms with Crippen molar-refractivity contribution in [3.8, 4) is 0 Å². The van der Waals surface area contributed by atoms with E-state index in [1.807, 2.05) is 38.1 Å². The first-order chi connectivity index (χ1) is 17.4. The molecule has 0 fully saturated rings. The molecule has 37 heavy (non-hydrogen) atoms. The molecule has 1 atom stereocenters. The van der Waals surface area contributed by atoms with Crippen LogP contribution in [0.15, 0.2) is 65.6 Å². The summed E-state index contributed by atoms with van der Waals surface area (Å²) in [6.07, 6.45) is 0. The number of nitrogens with one attached hydrogen (secondary N) is 1. The van der Waals surface area contributed by atoms with Gasteiger partial charge in [-0.25, -0.2) is 8.42 Å². The van der Waals surface area contributed by atoms with Crippen molar-refractivity contribution in [3.63, 3.8) is 0 Å². The molecule has 10 heteroatoms. The number of rotatable bonds is 10. The number of nitrogens with zero attached hydrogens (tertiary/aromatic N) is 2. The zero-order valence-electron chi connectivity index (χ0n) is 21.2. The first-order valence-corrected chi connectivity index (χ1v) is 14.1. The average molecular weight is 565 g/mol. The van der Waals surface area contributed by atoms with Crippen molar-refractivity contribution in [1.82, 2.24) is 14.5 Å². The standard InChI is InChI=1S/C27H31Cl2N3O4S/c1-18(2)15-30-27(34)19(3)32(16-22-9-11-23(28)14-25(22)29)26(33)17-31(4)37(35,36)24-12-10-20-7-5-6-8-21(20)13-24/h5-14,18-19H,15-17H2,1-4H3,(H,30,34)/t19-/m0/s1. The van der Waals surface area contributed by atoms with Gasteiger partial charge >= 0.3 is 0 Å². The number of sulfonamides is 1. The highest BCUT2D eigenvalue weighted by molar-refractivity contribution is 7.89. The zero-order valence-corrected chi connectivity index (χ0v) is 23.6. The van der Waals surface area contributed by atoms with E-state index >= 15 is 0 Å². The molecule has 3 aromatic rings. The van der Waals surface area contributed by atoms with Crippen LogP contribution in [0.3, 0.4) is 0 Å². The summed E-state index contributed by atoms with van der Waals surface area (Å²) >= 11 is 12.4. The van der Waals surface area contributed by atoms with Gasteiger partial charge in [0.1, 0.15) is 6.04 Å². The molecule has 198 valence electrons. The van der Waals surface area contributed by atoms with E-state index < -0.39 is 28.5 Å². The molecule has 3 aromatic carbocycles. The van der Waals surface area contributed by atoms with Gasteiger partial charge in [-0.05, 0) is 53.4 Å². The van der Waals surface area contributed by atoms with E-state index in [2.05, 4.69) is 5.32 Å². The first kappa shape index (κ1) is 28.9. The van der Waals surface area contributed by atoms with Crippen LogP contribution in [0.2, 0.25) is 10.0 Å². The van der Waals surface area contributed by atoms with Gasteiger partial charge in [-0.15, -0.1) is 0 Å². The Morgan fingerprint density at radius 2 is 1.62 bits per heavy atom. The zero-order chi connectivity index (χ0) is 27.3. The van der Waals surface area contributed by atoms with Crippen LogP contribution in [0, 0.1) is 5.92 Å². The van der Waals surface area contributed by atoms with Gasteiger partial charge < -0.3 is 10.2 Å². The van der Waals surface area contributed by atoms with Crippen molar-refractivity contribution >= 4 is 55.8 Å². The van der Waals surface area contributed by atoms with E-state index in [1.165, 1.54) is 18.0 Å². The molecule has 0 saturated carbocycles. The van der Waals surface area contributed by atoms with Crippen LogP contribution in [-0.4, -0.2) is 55.6 Å². The lowest BCUT2D eigenvalue weighted by atomic mass is 10.1. The Hall–Kier alpha value is -2.65. The number of hydrogen-bond donors (Lipinski definition) is 1. The van der Waals surface area contributed by atoms with Crippen molar-refractivity contribution in [1.29, 1.82) is 0 Å². The van der Waals surface area contributed by atoms with Crippen LogP contribution >= 0.6 is 23.2 Å². The maximum atomic E-state index is 13.5. The fourth-order valence-electron chi connectivity index (χ4n) is 3.74. The molecular formula is C27H31Cl2N3O4S. The normalized spacial score (nSPS) is 12.6. The number of benzene rings is 3. The van der Waals surface area contributed by atoms with Gasteiger partial charge in [-0.1, -0.05) is 73.4 Å². The second kappa shape index (κ2) is 12.3. The van der Waals surface area contributed by atoms with Crippen molar-refractivity contribution in [2.24, 2.45) is 5.92 Å². The summed E-state index contributed by atoms with van der Waals surface area (Å²) in [5.41, 5.74) is 0.586. The number of hydrogen-bond acceptors (Lipinski definition) is 4. The van der Waals surface area contributed by atoms with Crippen LogP contribution in [0.25, 0.3) is 10.8 Å². The molecule has 3 rings (SSSR count). The number of likely N-dealkylation sites (N-methyl/N-ethyl adjacent to an activating group) is 1. The maximum absolute atomic E-state index is 13.5. The highest BCUT2D eigenvalue weighted by atomic mass is 35.5. The Morgan fingerprint density at radius 1 is 0.946 bits per heavy atom. The Kier molecular flexibility index (Phi) is 9.58. The predicted molar refractivity (Wildman–Crippen MR) is 148 cm³/mol. The van der Waals surface area contributed by atoms with Crippen molar-refractivity contribution < 1.29 is 18.0 Å². The van der Waals surface area contributed by atoms with Gasteiger partial charge in [0.15, 0.2) is 0 Å². The molecule has 0 spiro atoms. The molecule has 0 saturated heterocycles. The minimum Gasteiger partial charge on any atom is -0.354 e. The number of amides is 2. The van der Waals surface area contributed by atoms with Crippen molar-refractivity contribution in [2.75, 3.05) is 20.1 Å². The lowest BCUT2D eigenvalue weighted by Gasteiger charge is -2.30.